The lowest BCUT2D eigenvalue weighted by atomic mass is 9.58. The van der Waals surface area contributed by atoms with Gasteiger partial charge in [0.25, 0.3) is 0 Å². The van der Waals surface area contributed by atoms with Crippen LogP contribution < -0.4 is 0 Å². The second kappa shape index (κ2) is 4.09. The molecule has 2 fully saturated rings. The summed E-state index contributed by atoms with van der Waals surface area (Å²) in [4.78, 5) is 0.616. The molecule has 0 N–H and O–H groups in total. The molecule has 1 saturated carbocycles. The van der Waals surface area contributed by atoms with Crippen molar-refractivity contribution in [2.45, 2.75) is 69.4 Å². The van der Waals surface area contributed by atoms with Crippen LogP contribution in [0.3, 0.4) is 0 Å². The number of hydrogen-bond donors (Lipinski definition) is 0. The molecule has 0 aromatic rings. The third-order valence-electron chi connectivity index (χ3n) is 5.16. The smallest absolute Gasteiger partial charge is 0.0839 e. The molecular weight excluding hydrogens is 276 g/mol. The molecular formula is C15H25BrO. The van der Waals surface area contributed by atoms with Crippen molar-refractivity contribution in [2.24, 2.45) is 11.3 Å². The molecule has 0 aromatic heterocycles. The van der Waals surface area contributed by atoms with Gasteiger partial charge in [0.05, 0.1) is 11.2 Å². The predicted octanol–water partition coefficient (Wildman–Crippen LogP) is 4.70. The summed E-state index contributed by atoms with van der Waals surface area (Å²) in [5, 5.41) is 0. The number of hydrogen-bond acceptors (Lipinski definition) is 1. The van der Waals surface area contributed by atoms with Gasteiger partial charge in [-0.05, 0) is 50.9 Å². The first-order valence-corrected chi connectivity index (χ1v) is 7.63. The van der Waals surface area contributed by atoms with Crippen molar-refractivity contribution < 1.29 is 4.74 Å². The lowest BCUT2D eigenvalue weighted by Gasteiger charge is -2.58. The van der Waals surface area contributed by atoms with E-state index in [0.717, 1.165) is 12.8 Å². The molecule has 1 saturated heterocycles. The van der Waals surface area contributed by atoms with E-state index < -0.39 is 0 Å². The van der Waals surface area contributed by atoms with E-state index in [0.29, 0.717) is 16.2 Å². The van der Waals surface area contributed by atoms with Crippen LogP contribution in [0.2, 0.25) is 0 Å². The number of alkyl halides is 1. The lowest BCUT2D eigenvalue weighted by Crippen LogP contribution is -2.59. The fourth-order valence-corrected chi connectivity index (χ4v) is 4.47. The molecule has 2 heteroatoms. The lowest BCUT2D eigenvalue weighted by molar-refractivity contribution is -0.219. The summed E-state index contributed by atoms with van der Waals surface area (Å²) in [5.74, 6) is 0.640. The van der Waals surface area contributed by atoms with Crippen LogP contribution >= 0.6 is 15.9 Å². The molecule has 1 heterocycles. The van der Waals surface area contributed by atoms with Crippen molar-refractivity contribution in [2.75, 3.05) is 0 Å². The number of rotatable bonds is 1. The molecule has 0 aromatic carbocycles. The van der Waals surface area contributed by atoms with Gasteiger partial charge >= 0.3 is 0 Å². The Morgan fingerprint density at radius 1 is 1.18 bits per heavy atom. The zero-order valence-electron chi connectivity index (χ0n) is 11.6. The quantitative estimate of drug-likeness (QED) is 0.504. The summed E-state index contributed by atoms with van der Waals surface area (Å²) >= 11 is 3.87. The predicted molar refractivity (Wildman–Crippen MR) is 76.5 cm³/mol. The Labute approximate surface area is 114 Å². The molecule has 0 spiro atoms. The van der Waals surface area contributed by atoms with Gasteiger partial charge in [0.15, 0.2) is 0 Å². The highest BCUT2D eigenvalue weighted by molar-refractivity contribution is 9.09. The fourth-order valence-electron chi connectivity index (χ4n) is 3.92. The monoisotopic (exact) mass is 300 g/mol. The van der Waals surface area contributed by atoms with Crippen molar-refractivity contribution in [1.82, 2.24) is 0 Å². The minimum atomic E-state index is -0.125. The highest BCUT2D eigenvalue weighted by Gasteiger charge is 2.55. The second-order valence-electron chi connectivity index (χ2n) is 6.85. The van der Waals surface area contributed by atoms with E-state index in [1.807, 2.05) is 6.08 Å². The van der Waals surface area contributed by atoms with E-state index >= 15 is 0 Å². The van der Waals surface area contributed by atoms with Crippen molar-refractivity contribution >= 4 is 15.9 Å². The fraction of sp³-hybridized carbons (Fsp3) is 0.867. The Bertz CT molecular complexity index is 325. The van der Waals surface area contributed by atoms with Crippen LogP contribution in [0.15, 0.2) is 12.7 Å². The molecule has 0 radical (unpaired) electrons. The topological polar surface area (TPSA) is 9.23 Å². The van der Waals surface area contributed by atoms with E-state index in [4.69, 9.17) is 4.74 Å². The standard InChI is InChI=1S/C15H25BrO/c1-6-14(4)9-7-11-13(2,3)12(16)8-10-15(11,5)17-14/h6,11-12H,1,7-10H2,2-5H3. The number of fused-ring (bicyclic) bond motifs is 1. The summed E-state index contributed by atoms with van der Waals surface area (Å²) in [5.41, 5.74) is 0.213. The van der Waals surface area contributed by atoms with Gasteiger partial charge in [-0.15, -0.1) is 6.58 Å². The van der Waals surface area contributed by atoms with Gasteiger partial charge < -0.3 is 4.74 Å². The third-order valence-corrected chi connectivity index (χ3v) is 6.80. The van der Waals surface area contributed by atoms with Gasteiger partial charge in [-0.25, -0.2) is 0 Å². The SMILES string of the molecule is C=CC1(C)CCC2C(C)(CCC(Br)C2(C)C)O1. The first kappa shape index (κ1) is 13.6. The Kier molecular flexibility index (Phi) is 3.28. The molecule has 1 nitrogen and oxygen atoms in total. The van der Waals surface area contributed by atoms with Gasteiger partial charge in [-0.2, -0.15) is 0 Å². The average molecular weight is 301 g/mol. The van der Waals surface area contributed by atoms with E-state index in [1.54, 1.807) is 0 Å². The van der Waals surface area contributed by atoms with E-state index in [2.05, 4.69) is 50.2 Å². The maximum Gasteiger partial charge on any atom is 0.0839 e. The minimum Gasteiger partial charge on any atom is -0.365 e. The van der Waals surface area contributed by atoms with Gasteiger partial charge in [0.2, 0.25) is 0 Å². The molecule has 98 valence electrons. The Hall–Kier alpha value is 0.180. The molecule has 4 atom stereocenters. The highest BCUT2D eigenvalue weighted by atomic mass is 79.9. The minimum absolute atomic E-state index is 0.0228. The van der Waals surface area contributed by atoms with Gasteiger partial charge in [0, 0.05) is 4.83 Å². The number of halogens is 1. The van der Waals surface area contributed by atoms with Gasteiger partial charge in [0.1, 0.15) is 0 Å². The molecule has 1 aliphatic carbocycles. The second-order valence-corrected chi connectivity index (χ2v) is 7.96. The van der Waals surface area contributed by atoms with Crippen LogP contribution in [-0.2, 0) is 4.74 Å². The van der Waals surface area contributed by atoms with Crippen LogP contribution in [0.1, 0.15) is 53.4 Å². The summed E-state index contributed by atoms with van der Waals surface area (Å²) in [6.07, 6.45) is 6.68. The normalized spacial score (nSPS) is 49.5. The maximum atomic E-state index is 6.46. The van der Waals surface area contributed by atoms with Gasteiger partial charge in [-0.3, -0.25) is 0 Å². The van der Waals surface area contributed by atoms with Crippen LogP contribution in [0.4, 0.5) is 0 Å². The van der Waals surface area contributed by atoms with Crippen molar-refractivity contribution in [1.29, 1.82) is 0 Å². The molecule has 1 aliphatic heterocycles. The summed E-state index contributed by atoms with van der Waals surface area (Å²) in [6.45, 7) is 13.2. The summed E-state index contributed by atoms with van der Waals surface area (Å²) in [6, 6.07) is 0. The van der Waals surface area contributed by atoms with Crippen molar-refractivity contribution in [3.05, 3.63) is 12.7 Å². The van der Waals surface area contributed by atoms with Crippen molar-refractivity contribution in [3.63, 3.8) is 0 Å². The largest absolute Gasteiger partial charge is 0.365 e. The number of ether oxygens (including phenoxy) is 1. The zero-order valence-corrected chi connectivity index (χ0v) is 13.1. The van der Waals surface area contributed by atoms with Crippen LogP contribution in [0.5, 0.6) is 0 Å². The zero-order chi connectivity index (χ0) is 12.9. The van der Waals surface area contributed by atoms with Crippen LogP contribution in [0, 0.1) is 11.3 Å². The molecule has 0 bridgehead atoms. The Balaban J connectivity index is 2.29. The van der Waals surface area contributed by atoms with Crippen molar-refractivity contribution in [3.8, 4) is 0 Å². The molecule has 2 aliphatic rings. The third kappa shape index (κ3) is 2.12. The molecule has 17 heavy (non-hydrogen) atoms. The Morgan fingerprint density at radius 3 is 2.41 bits per heavy atom. The molecule has 2 rings (SSSR count). The van der Waals surface area contributed by atoms with Crippen LogP contribution in [-0.4, -0.2) is 16.0 Å². The van der Waals surface area contributed by atoms with E-state index in [9.17, 15) is 0 Å². The van der Waals surface area contributed by atoms with E-state index in [1.165, 1.54) is 12.8 Å². The van der Waals surface area contributed by atoms with Gasteiger partial charge in [-0.1, -0.05) is 35.9 Å². The van der Waals surface area contributed by atoms with Crippen LogP contribution in [0.25, 0.3) is 0 Å². The first-order valence-electron chi connectivity index (χ1n) is 6.71. The highest BCUT2D eigenvalue weighted by Crippen LogP contribution is 2.56. The summed E-state index contributed by atoms with van der Waals surface area (Å²) < 4.78 is 6.46. The maximum absolute atomic E-state index is 6.46. The summed E-state index contributed by atoms with van der Waals surface area (Å²) in [7, 11) is 0. The average Bonchev–Trinajstić information content (AvgIpc) is 2.24. The van der Waals surface area contributed by atoms with E-state index in [-0.39, 0.29) is 11.2 Å². The molecule has 4 unspecified atom stereocenters. The Morgan fingerprint density at radius 2 is 1.82 bits per heavy atom. The molecule has 0 amide bonds. The first-order chi connectivity index (χ1) is 7.73.